The molecular formula is C21H18N6O5S3. The minimum absolute atomic E-state index is 0.135. The van der Waals surface area contributed by atoms with Gasteiger partial charge in [-0.3, -0.25) is 14.5 Å². The first-order valence-corrected chi connectivity index (χ1v) is 13.1. The van der Waals surface area contributed by atoms with E-state index in [0.717, 1.165) is 21.4 Å². The van der Waals surface area contributed by atoms with Crippen LogP contribution in [0.1, 0.15) is 5.69 Å². The number of carboxylic acids is 1. The minimum atomic E-state index is -1.43. The molecular weight excluding hydrogens is 512 g/mol. The van der Waals surface area contributed by atoms with Crippen LogP contribution < -0.4 is 20.7 Å². The summed E-state index contributed by atoms with van der Waals surface area (Å²) in [6, 6.07) is 3.02. The van der Waals surface area contributed by atoms with E-state index >= 15 is 0 Å². The number of oxime groups is 1. The van der Waals surface area contributed by atoms with Crippen molar-refractivity contribution < 1.29 is 28.9 Å². The number of thioether (sulfide) groups is 1. The normalized spacial score (nSPS) is 20.0. The van der Waals surface area contributed by atoms with Gasteiger partial charge in [-0.25, -0.2) is 9.55 Å². The first-order chi connectivity index (χ1) is 16.9. The molecule has 2 aliphatic rings. The lowest BCUT2D eigenvalue weighted by molar-refractivity contribution is -0.687. The molecule has 2 atom stereocenters. The number of β-lactam (4-membered cyclic amide) rings is 1. The zero-order valence-electron chi connectivity index (χ0n) is 18.2. The maximum absolute atomic E-state index is 13.0. The second-order valence-corrected chi connectivity index (χ2v) is 10.6. The largest absolute Gasteiger partial charge is 0.543 e. The molecule has 0 aromatic carbocycles. The van der Waals surface area contributed by atoms with E-state index in [4.69, 9.17) is 10.6 Å². The Balaban J connectivity index is 1.36. The highest BCUT2D eigenvalue weighted by atomic mass is 32.2. The number of nitrogen functional groups attached to an aromatic ring is 1. The quantitative estimate of drug-likeness (QED) is 0.182. The summed E-state index contributed by atoms with van der Waals surface area (Å²) in [4.78, 5) is 47.8. The fourth-order valence-electron chi connectivity index (χ4n) is 3.97. The molecule has 14 heteroatoms. The fraction of sp³-hybridized carbons (Fsp3) is 0.238. The monoisotopic (exact) mass is 530 g/mol. The van der Waals surface area contributed by atoms with E-state index in [1.165, 1.54) is 23.8 Å². The molecule has 5 rings (SSSR count). The fourth-order valence-corrected chi connectivity index (χ4v) is 6.61. The summed E-state index contributed by atoms with van der Waals surface area (Å²) in [6.07, 6.45) is 3.81. The van der Waals surface area contributed by atoms with Crippen molar-refractivity contribution in [2.24, 2.45) is 5.16 Å². The van der Waals surface area contributed by atoms with Crippen LogP contribution in [0.15, 0.2) is 51.7 Å². The van der Waals surface area contributed by atoms with Crippen LogP contribution in [-0.2, 0) is 25.8 Å². The topological polar surface area (TPSA) is 154 Å². The lowest BCUT2D eigenvalue weighted by Gasteiger charge is -2.50. The third kappa shape index (κ3) is 4.24. The van der Waals surface area contributed by atoms with Crippen molar-refractivity contribution in [2.75, 3.05) is 18.6 Å². The number of nitrogens with zero attached hydrogens (tertiary/aromatic N) is 4. The maximum Gasteiger partial charge on any atom is 0.276 e. The van der Waals surface area contributed by atoms with E-state index in [0.29, 0.717) is 17.9 Å². The highest BCUT2D eigenvalue weighted by Gasteiger charge is 2.53. The maximum atomic E-state index is 13.0. The Morgan fingerprint density at radius 2 is 2.23 bits per heavy atom. The highest BCUT2D eigenvalue weighted by molar-refractivity contribution is 8.00. The lowest BCUT2D eigenvalue weighted by atomic mass is 10.0. The summed E-state index contributed by atoms with van der Waals surface area (Å²) in [5.41, 5.74) is 6.13. The first-order valence-electron chi connectivity index (χ1n) is 10.2. The number of aliphatic carboxylic acids is 1. The molecule has 1 saturated heterocycles. The number of rotatable bonds is 7. The van der Waals surface area contributed by atoms with Gasteiger partial charge in [-0.1, -0.05) is 5.16 Å². The molecule has 0 aliphatic carbocycles. The molecule has 2 unspecified atom stereocenters. The van der Waals surface area contributed by atoms with Crippen molar-refractivity contribution >= 4 is 73.1 Å². The van der Waals surface area contributed by atoms with Crippen molar-refractivity contribution in [3.05, 3.63) is 52.3 Å². The third-order valence-corrected chi connectivity index (χ3v) is 8.42. The highest BCUT2D eigenvalue weighted by Crippen LogP contribution is 2.40. The number of carbonyl (C=O) groups is 3. The van der Waals surface area contributed by atoms with Gasteiger partial charge < -0.3 is 25.8 Å². The molecule has 0 radical (unpaired) electrons. The number of amides is 2. The van der Waals surface area contributed by atoms with Crippen molar-refractivity contribution in [1.29, 1.82) is 0 Å². The Morgan fingerprint density at radius 1 is 1.40 bits per heavy atom. The lowest BCUT2D eigenvalue weighted by Crippen LogP contribution is -2.71. The summed E-state index contributed by atoms with van der Waals surface area (Å²) < 4.78 is 3.01. The Hall–Kier alpha value is -3.49. The molecule has 2 aliphatic heterocycles. The molecule has 11 nitrogen and oxygen atoms in total. The summed E-state index contributed by atoms with van der Waals surface area (Å²) in [7, 11) is 1.28. The molecule has 5 heterocycles. The Morgan fingerprint density at radius 3 is 2.94 bits per heavy atom. The predicted octanol–water partition coefficient (Wildman–Crippen LogP) is -0.318. The number of fused-ring (bicyclic) bond motifs is 2. The van der Waals surface area contributed by atoms with Crippen LogP contribution in [0.3, 0.4) is 0 Å². The Kier molecular flexibility index (Phi) is 6.17. The summed E-state index contributed by atoms with van der Waals surface area (Å²) in [5, 5.41) is 22.6. The van der Waals surface area contributed by atoms with Gasteiger partial charge in [-0.2, -0.15) is 0 Å². The Labute approximate surface area is 210 Å². The summed E-state index contributed by atoms with van der Waals surface area (Å²) in [5.74, 6) is -2.29. The third-order valence-electron chi connectivity index (χ3n) is 5.51. The van der Waals surface area contributed by atoms with Crippen LogP contribution in [0.2, 0.25) is 0 Å². The molecule has 2 amide bonds. The number of hydrogen-bond donors (Lipinski definition) is 2. The van der Waals surface area contributed by atoms with Gasteiger partial charge in [0.2, 0.25) is 0 Å². The minimum Gasteiger partial charge on any atom is -0.543 e. The molecule has 3 aromatic heterocycles. The van der Waals surface area contributed by atoms with Crippen LogP contribution in [-0.4, -0.2) is 57.7 Å². The number of carbonyl (C=O) groups excluding carboxylic acids is 3. The molecule has 0 spiro atoms. The van der Waals surface area contributed by atoms with Crippen LogP contribution in [0.25, 0.3) is 10.1 Å². The van der Waals surface area contributed by atoms with E-state index in [9.17, 15) is 19.5 Å². The van der Waals surface area contributed by atoms with E-state index in [1.807, 2.05) is 34.5 Å². The van der Waals surface area contributed by atoms with Crippen molar-refractivity contribution in [3.63, 3.8) is 0 Å². The Bertz CT molecular complexity index is 1410. The van der Waals surface area contributed by atoms with Gasteiger partial charge in [0.05, 0.1) is 17.1 Å². The number of nitrogens with two attached hydrogens (primary N) is 1. The molecule has 35 heavy (non-hydrogen) atoms. The zero-order valence-corrected chi connectivity index (χ0v) is 20.6. The first kappa shape index (κ1) is 23.3. The summed E-state index contributed by atoms with van der Waals surface area (Å²) in [6.45, 7) is 0.297. The van der Waals surface area contributed by atoms with Crippen molar-refractivity contribution in [2.45, 2.75) is 18.0 Å². The number of nitrogens with one attached hydrogen (secondary N) is 1. The average molecular weight is 531 g/mol. The van der Waals surface area contributed by atoms with Crippen molar-refractivity contribution in [3.8, 4) is 0 Å². The van der Waals surface area contributed by atoms with Gasteiger partial charge in [0.1, 0.15) is 24.2 Å². The number of thiophene rings is 1. The molecule has 0 bridgehead atoms. The van der Waals surface area contributed by atoms with Crippen LogP contribution in [0.4, 0.5) is 5.13 Å². The van der Waals surface area contributed by atoms with E-state index in [-0.39, 0.29) is 22.2 Å². The number of aromatic nitrogens is 2. The summed E-state index contributed by atoms with van der Waals surface area (Å²) >= 11 is 4.12. The molecule has 3 N–H and O–H groups in total. The van der Waals surface area contributed by atoms with Gasteiger partial charge in [0.25, 0.3) is 11.8 Å². The second kappa shape index (κ2) is 9.28. The van der Waals surface area contributed by atoms with Crippen LogP contribution in [0, 0.1) is 0 Å². The van der Waals surface area contributed by atoms with Gasteiger partial charge in [0.15, 0.2) is 29.8 Å². The molecule has 180 valence electrons. The standard InChI is InChI=1S/C21H18N6O5S3/c1-32-25-14(12-9-35-21(22)23-12)17(28)24-15-18(29)27-16(20(30)31)11(8-34-19(15)27)7-26-4-2-13-10(6-26)3-5-33-13/h2-6,9,15,19H,7-8H2,1H3,(H3-,22,23,24,28,30,31)/b25-14+. The van der Waals surface area contributed by atoms with E-state index < -0.39 is 29.2 Å². The molecule has 0 saturated carbocycles. The number of thiazole rings is 1. The average Bonchev–Trinajstić information content (AvgIpc) is 3.48. The zero-order chi connectivity index (χ0) is 24.7. The van der Waals surface area contributed by atoms with Gasteiger partial charge in [0, 0.05) is 27.5 Å². The van der Waals surface area contributed by atoms with Crippen LogP contribution in [0.5, 0.6) is 0 Å². The number of carboxylic acid groups (broad SMARTS) is 1. The SMILES string of the molecule is CO/N=C(/C(=O)NC1C(=O)N2C(C(=O)[O-])=C(C[n+]3ccc4sccc4c3)CSC12)c1csc(N)n1. The molecule has 3 aromatic rings. The van der Waals surface area contributed by atoms with Gasteiger partial charge >= 0.3 is 0 Å². The smallest absolute Gasteiger partial charge is 0.276 e. The number of pyridine rings is 1. The van der Waals surface area contributed by atoms with E-state index in [2.05, 4.69) is 15.5 Å². The van der Waals surface area contributed by atoms with Crippen LogP contribution >= 0.6 is 34.4 Å². The number of anilines is 1. The van der Waals surface area contributed by atoms with Gasteiger partial charge in [-0.05, 0) is 11.4 Å². The van der Waals surface area contributed by atoms with Crippen molar-refractivity contribution in [1.82, 2.24) is 15.2 Å². The van der Waals surface area contributed by atoms with E-state index in [1.54, 1.807) is 16.7 Å². The molecule has 1 fully saturated rings. The predicted molar refractivity (Wildman–Crippen MR) is 129 cm³/mol. The number of hydrogen-bond acceptors (Lipinski definition) is 11. The van der Waals surface area contributed by atoms with Gasteiger partial charge in [-0.15, -0.1) is 34.4 Å². The second-order valence-electron chi connectivity index (χ2n) is 7.65.